The number of carboxylic acid groups (broad SMARTS) is 1. The highest BCUT2D eigenvalue weighted by atomic mass is 127. The molecule has 0 radical (unpaired) electrons. The molecule has 0 aliphatic carbocycles. The lowest BCUT2D eigenvalue weighted by Gasteiger charge is -2.09. The van der Waals surface area contributed by atoms with E-state index < -0.39 is 12.0 Å². The molecule has 2 rings (SSSR count). The number of carboxylic acids is 1. The average molecular weight is 418 g/mol. The van der Waals surface area contributed by atoms with E-state index in [0.717, 1.165) is 3.57 Å². The fourth-order valence-electron chi connectivity index (χ4n) is 1.47. The quantitative estimate of drug-likeness (QED) is 0.665. The number of pyridine rings is 1. The number of hydrogen-bond acceptors (Lipinski definition) is 3. The molecule has 1 heterocycles. The molecule has 0 fully saturated rings. The molecule has 1 aromatic carbocycles. The lowest BCUT2D eigenvalue weighted by Crippen LogP contribution is -2.19. The highest BCUT2D eigenvalue weighted by Gasteiger charge is 2.08. The van der Waals surface area contributed by atoms with Gasteiger partial charge in [-0.25, -0.2) is 14.6 Å². The Morgan fingerprint density at radius 3 is 2.52 bits per heavy atom. The van der Waals surface area contributed by atoms with E-state index in [0.29, 0.717) is 16.4 Å². The number of nitrogens with one attached hydrogen (secondary N) is 2. The van der Waals surface area contributed by atoms with Gasteiger partial charge in [-0.15, -0.1) is 0 Å². The van der Waals surface area contributed by atoms with Crippen molar-refractivity contribution in [1.82, 2.24) is 4.98 Å². The summed E-state index contributed by atoms with van der Waals surface area (Å²) in [5, 5.41) is 14.3. The van der Waals surface area contributed by atoms with E-state index >= 15 is 0 Å². The van der Waals surface area contributed by atoms with Gasteiger partial charge < -0.3 is 15.7 Å². The topological polar surface area (TPSA) is 91.3 Å². The summed E-state index contributed by atoms with van der Waals surface area (Å²) in [5.41, 5.74) is 0.755. The van der Waals surface area contributed by atoms with Crippen molar-refractivity contribution in [3.63, 3.8) is 0 Å². The molecule has 3 N–H and O–H groups in total. The van der Waals surface area contributed by atoms with Gasteiger partial charge in [0, 0.05) is 3.57 Å². The summed E-state index contributed by atoms with van der Waals surface area (Å²) < 4.78 is 0.956. The molecule has 1 aromatic heterocycles. The van der Waals surface area contributed by atoms with Gasteiger partial charge in [-0.1, -0.05) is 11.6 Å². The highest BCUT2D eigenvalue weighted by molar-refractivity contribution is 14.1. The van der Waals surface area contributed by atoms with Gasteiger partial charge >= 0.3 is 12.0 Å². The number of rotatable bonds is 3. The van der Waals surface area contributed by atoms with Crippen LogP contribution in [-0.4, -0.2) is 22.1 Å². The van der Waals surface area contributed by atoms with Crippen molar-refractivity contribution in [2.45, 2.75) is 0 Å². The number of anilines is 2. The fourth-order valence-corrected chi connectivity index (χ4v) is 2.37. The lowest BCUT2D eigenvalue weighted by molar-refractivity contribution is 0.0690. The lowest BCUT2D eigenvalue weighted by atomic mass is 10.3. The number of nitrogens with zero attached hydrogens (tertiary/aromatic N) is 1. The predicted molar refractivity (Wildman–Crippen MR) is 88.0 cm³/mol. The van der Waals surface area contributed by atoms with Crippen LogP contribution < -0.4 is 10.6 Å². The summed E-state index contributed by atoms with van der Waals surface area (Å²) in [5.74, 6) is -1.13. The Morgan fingerprint density at radius 1 is 1.19 bits per heavy atom. The van der Waals surface area contributed by atoms with E-state index in [9.17, 15) is 9.59 Å². The van der Waals surface area contributed by atoms with Gasteiger partial charge in [-0.05, 0) is 52.9 Å². The molecule has 0 saturated carbocycles. The van der Waals surface area contributed by atoms with Crippen LogP contribution >= 0.6 is 34.2 Å². The molecule has 0 saturated heterocycles. The fraction of sp³-hybridized carbons (Fsp3) is 0. The van der Waals surface area contributed by atoms with Gasteiger partial charge in [0.25, 0.3) is 0 Å². The summed E-state index contributed by atoms with van der Waals surface area (Å²) >= 11 is 8.12. The standard InChI is InChI=1S/C13H9ClIN3O3/c14-9-5-7(15)1-3-10(9)18-13(21)17-8-2-4-11(12(19)20)16-6-8/h1-6H,(H,19,20)(H2,17,18,21). The zero-order valence-electron chi connectivity index (χ0n) is 10.4. The first kappa shape index (κ1) is 15.5. The highest BCUT2D eigenvalue weighted by Crippen LogP contribution is 2.23. The Labute approximate surface area is 138 Å². The van der Waals surface area contributed by atoms with Crippen molar-refractivity contribution < 1.29 is 14.7 Å². The Morgan fingerprint density at radius 2 is 1.95 bits per heavy atom. The van der Waals surface area contributed by atoms with E-state index in [2.05, 4.69) is 38.2 Å². The monoisotopic (exact) mass is 417 g/mol. The third kappa shape index (κ3) is 4.30. The largest absolute Gasteiger partial charge is 0.477 e. The predicted octanol–water partition coefficient (Wildman–Crippen LogP) is 3.68. The molecule has 21 heavy (non-hydrogen) atoms. The first-order valence-corrected chi connectivity index (χ1v) is 7.14. The van der Waals surface area contributed by atoms with Crippen LogP contribution in [0.1, 0.15) is 10.5 Å². The first-order valence-electron chi connectivity index (χ1n) is 5.68. The van der Waals surface area contributed by atoms with Crippen LogP contribution in [0.25, 0.3) is 0 Å². The van der Waals surface area contributed by atoms with Crippen molar-refractivity contribution >= 4 is 57.6 Å². The molecule has 8 heteroatoms. The Hall–Kier alpha value is -1.87. The smallest absolute Gasteiger partial charge is 0.354 e. The van der Waals surface area contributed by atoms with Gasteiger partial charge in [0.05, 0.1) is 22.6 Å². The average Bonchev–Trinajstić information content (AvgIpc) is 2.42. The van der Waals surface area contributed by atoms with E-state index in [1.807, 2.05) is 6.07 Å². The molecule has 0 unspecified atom stereocenters. The summed E-state index contributed by atoms with van der Waals surface area (Å²) in [6.45, 7) is 0. The van der Waals surface area contributed by atoms with Crippen molar-refractivity contribution in [1.29, 1.82) is 0 Å². The van der Waals surface area contributed by atoms with E-state index in [4.69, 9.17) is 16.7 Å². The Bertz CT molecular complexity index is 692. The Balaban J connectivity index is 2.02. The van der Waals surface area contributed by atoms with Gasteiger partial charge in [0.2, 0.25) is 0 Å². The van der Waals surface area contributed by atoms with Gasteiger partial charge in [-0.3, -0.25) is 0 Å². The van der Waals surface area contributed by atoms with Crippen molar-refractivity contribution in [2.75, 3.05) is 10.6 Å². The van der Waals surface area contributed by atoms with Crippen LogP contribution in [-0.2, 0) is 0 Å². The van der Waals surface area contributed by atoms with Gasteiger partial charge in [0.15, 0.2) is 0 Å². The molecule has 108 valence electrons. The van der Waals surface area contributed by atoms with Crippen molar-refractivity contribution in [3.05, 3.63) is 50.8 Å². The molecule has 0 spiro atoms. The SMILES string of the molecule is O=C(Nc1ccc(C(=O)O)nc1)Nc1ccc(I)cc1Cl. The minimum atomic E-state index is -1.13. The molecular formula is C13H9ClIN3O3. The molecular weight excluding hydrogens is 409 g/mol. The van der Waals surface area contributed by atoms with E-state index in [1.165, 1.54) is 18.3 Å². The second-order valence-electron chi connectivity index (χ2n) is 3.94. The van der Waals surface area contributed by atoms with Gasteiger partial charge in [-0.2, -0.15) is 0 Å². The molecule has 0 aliphatic rings. The number of carbonyl (C=O) groups is 2. The number of aromatic carboxylic acids is 1. The normalized spacial score (nSPS) is 10.0. The molecule has 0 aliphatic heterocycles. The number of amides is 2. The Kier molecular flexibility index (Phi) is 4.97. The van der Waals surface area contributed by atoms with Crippen LogP contribution in [0.3, 0.4) is 0 Å². The molecule has 6 nitrogen and oxygen atoms in total. The molecule has 0 atom stereocenters. The van der Waals surface area contributed by atoms with E-state index in [-0.39, 0.29) is 5.69 Å². The maximum atomic E-state index is 11.8. The second kappa shape index (κ2) is 6.72. The zero-order chi connectivity index (χ0) is 15.4. The first-order chi connectivity index (χ1) is 9.95. The van der Waals surface area contributed by atoms with Crippen LogP contribution in [0.5, 0.6) is 0 Å². The molecule has 2 aromatic rings. The summed E-state index contributed by atoms with van der Waals surface area (Å²) in [6, 6.07) is 7.48. The van der Waals surface area contributed by atoms with Gasteiger partial charge in [0.1, 0.15) is 5.69 Å². The second-order valence-corrected chi connectivity index (χ2v) is 5.59. The number of hydrogen-bond donors (Lipinski definition) is 3. The zero-order valence-corrected chi connectivity index (χ0v) is 13.3. The minimum Gasteiger partial charge on any atom is -0.477 e. The maximum Gasteiger partial charge on any atom is 0.354 e. The molecule has 0 bridgehead atoms. The van der Waals surface area contributed by atoms with Crippen LogP contribution in [0.2, 0.25) is 5.02 Å². The van der Waals surface area contributed by atoms with Crippen LogP contribution in [0.15, 0.2) is 36.5 Å². The number of urea groups is 1. The summed E-state index contributed by atoms with van der Waals surface area (Å²) in [4.78, 5) is 26.2. The number of halogens is 2. The van der Waals surface area contributed by atoms with Crippen molar-refractivity contribution in [2.24, 2.45) is 0 Å². The summed E-state index contributed by atoms with van der Waals surface area (Å²) in [6.07, 6.45) is 1.26. The third-order valence-corrected chi connectivity index (χ3v) is 3.40. The number of aromatic nitrogens is 1. The number of carbonyl (C=O) groups excluding carboxylic acids is 1. The van der Waals surface area contributed by atoms with Crippen LogP contribution in [0, 0.1) is 3.57 Å². The summed E-state index contributed by atoms with van der Waals surface area (Å²) in [7, 11) is 0. The molecule has 2 amide bonds. The third-order valence-electron chi connectivity index (χ3n) is 2.42. The number of benzene rings is 1. The van der Waals surface area contributed by atoms with E-state index in [1.54, 1.807) is 12.1 Å². The maximum absolute atomic E-state index is 11.8. The van der Waals surface area contributed by atoms with Crippen LogP contribution in [0.4, 0.5) is 16.2 Å². The van der Waals surface area contributed by atoms with Crippen molar-refractivity contribution in [3.8, 4) is 0 Å². The minimum absolute atomic E-state index is 0.0957.